The standard InChI is InChI=1S/C20H19F4N3O3/c1-12(13-6-4-8-15(10-13)20(22,23)24)26-30-11-14-7-5-9-16(21)17(14)18(27-29-3)19(28)25-2/h4-10H,11H2,1-3H3,(H,25,28). The van der Waals surface area contributed by atoms with Crippen LogP contribution >= 0.6 is 0 Å². The molecule has 0 heterocycles. The highest BCUT2D eigenvalue weighted by atomic mass is 19.4. The van der Waals surface area contributed by atoms with Crippen LogP contribution in [-0.2, 0) is 27.3 Å². The largest absolute Gasteiger partial charge is 0.416 e. The minimum atomic E-state index is -4.48. The Labute approximate surface area is 170 Å². The van der Waals surface area contributed by atoms with Crippen molar-refractivity contribution in [1.82, 2.24) is 5.32 Å². The minimum absolute atomic E-state index is 0.134. The van der Waals surface area contributed by atoms with Crippen LogP contribution in [0.3, 0.4) is 0 Å². The predicted octanol–water partition coefficient (Wildman–Crippen LogP) is 3.88. The summed E-state index contributed by atoms with van der Waals surface area (Å²) in [6.45, 7) is 1.22. The SMILES string of the molecule is CNC(=O)C(=NOC)c1c(F)cccc1CON=C(C)c1cccc(C(F)(F)F)c1. The second-order valence-electron chi connectivity index (χ2n) is 6.00. The maximum atomic E-state index is 14.4. The molecule has 0 atom stereocenters. The Morgan fingerprint density at radius 3 is 2.47 bits per heavy atom. The third kappa shape index (κ3) is 5.56. The lowest BCUT2D eigenvalue weighted by atomic mass is 10.0. The van der Waals surface area contributed by atoms with Gasteiger partial charge in [-0.1, -0.05) is 34.6 Å². The van der Waals surface area contributed by atoms with Gasteiger partial charge in [0.2, 0.25) is 0 Å². The fraction of sp³-hybridized carbons (Fsp3) is 0.250. The van der Waals surface area contributed by atoms with Gasteiger partial charge >= 0.3 is 6.18 Å². The van der Waals surface area contributed by atoms with E-state index in [1.165, 1.54) is 45.3 Å². The number of benzene rings is 2. The van der Waals surface area contributed by atoms with Crippen LogP contribution in [0.2, 0.25) is 0 Å². The van der Waals surface area contributed by atoms with Gasteiger partial charge < -0.3 is 15.0 Å². The molecule has 0 saturated heterocycles. The van der Waals surface area contributed by atoms with E-state index in [9.17, 15) is 22.4 Å². The fourth-order valence-corrected chi connectivity index (χ4v) is 2.54. The van der Waals surface area contributed by atoms with Crippen molar-refractivity contribution in [1.29, 1.82) is 0 Å². The number of rotatable bonds is 7. The summed E-state index contributed by atoms with van der Waals surface area (Å²) in [6, 6.07) is 8.68. The van der Waals surface area contributed by atoms with Crippen LogP contribution < -0.4 is 5.32 Å². The molecule has 6 nitrogen and oxygen atoms in total. The first kappa shape index (κ1) is 22.9. The summed E-state index contributed by atoms with van der Waals surface area (Å²) in [6.07, 6.45) is -4.48. The van der Waals surface area contributed by atoms with Crippen molar-refractivity contribution in [3.8, 4) is 0 Å². The molecule has 10 heteroatoms. The third-order valence-electron chi connectivity index (χ3n) is 3.99. The maximum Gasteiger partial charge on any atom is 0.416 e. The monoisotopic (exact) mass is 425 g/mol. The van der Waals surface area contributed by atoms with Gasteiger partial charge in [0.05, 0.1) is 16.8 Å². The van der Waals surface area contributed by atoms with Gasteiger partial charge in [-0.3, -0.25) is 4.79 Å². The van der Waals surface area contributed by atoms with Crippen LogP contribution in [0.1, 0.15) is 29.2 Å². The van der Waals surface area contributed by atoms with E-state index >= 15 is 0 Å². The van der Waals surface area contributed by atoms with Crippen molar-refractivity contribution in [3.05, 3.63) is 70.5 Å². The lowest BCUT2D eigenvalue weighted by Gasteiger charge is -2.12. The molecule has 0 radical (unpaired) electrons. The quantitative estimate of drug-likeness (QED) is 0.416. The molecule has 2 aromatic carbocycles. The number of hydrogen-bond donors (Lipinski definition) is 1. The Morgan fingerprint density at radius 2 is 1.83 bits per heavy atom. The Balaban J connectivity index is 2.27. The molecule has 0 fully saturated rings. The predicted molar refractivity (Wildman–Crippen MR) is 102 cm³/mol. The van der Waals surface area contributed by atoms with Gasteiger partial charge in [-0.15, -0.1) is 0 Å². The van der Waals surface area contributed by atoms with E-state index in [0.717, 1.165) is 18.2 Å². The van der Waals surface area contributed by atoms with E-state index in [4.69, 9.17) is 4.84 Å². The number of hydrogen-bond acceptors (Lipinski definition) is 5. The smallest absolute Gasteiger partial charge is 0.398 e. The molecule has 30 heavy (non-hydrogen) atoms. The van der Waals surface area contributed by atoms with Crippen LogP contribution in [0, 0.1) is 5.82 Å². The van der Waals surface area contributed by atoms with Crippen molar-refractivity contribution in [2.75, 3.05) is 14.2 Å². The summed E-state index contributed by atoms with van der Waals surface area (Å²) in [4.78, 5) is 21.9. The number of likely N-dealkylation sites (N-methyl/N-ethyl adjacent to an activating group) is 1. The zero-order valence-electron chi connectivity index (χ0n) is 16.4. The van der Waals surface area contributed by atoms with Gasteiger partial charge in [0.15, 0.2) is 5.71 Å². The van der Waals surface area contributed by atoms with Gasteiger partial charge in [0.1, 0.15) is 19.5 Å². The molecule has 2 rings (SSSR count). The summed E-state index contributed by atoms with van der Waals surface area (Å²) >= 11 is 0. The molecule has 2 aromatic rings. The number of nitrogens with one attached hydrogen (secondary N) is 1. The van der Waals surface area contributed by atoms with E-state index in [1.807, 2.05) is 0 Å². The Morgan fingerprint density at radius 1 is 1.13 bits per heavy atom. The zero-order valence-corrected chi connectivity index (χ0v) is 16.4. The summed E-state index contributed by atoms with van der Waals surface area (Å²) in [5.41, 5.74) is -0.587. The van der Waals surface area contributed by atoms with E-state index in [-0.39, 0.29) is 34.7 Å². The summed E-state index contributed by atoms with van der Waals surface area (Å²) in [7, 11) is 2.57. The van der Waals surface area contributed by atoms with E-state index in [0.29, 0.717) is 0 Å². The van der Waals surface area contributed by atoms with Gasteiger partial charge in [-0.05, 0) is 30.7 Å². The number of nitrogens with zero attached hydrogens (tertiary/aromatic N) is 2. The van der Waals surface area contributed by atoms with Crippen molar-refractivity contribution in [2.45, 2.75) is 19.7 Å². The molecule has 1 amide bonds. The van der Waals surface area contributed by atoms with Crippen LogP contribution in [0.4, 0.5) is 17.6 Å². The van der Waals surface area contributed by atoms with Crippen molar-refractivity contribution < 1.29 is 32.0 Å². The number of carbonyl (C=O) groups is 1. The normalized spacial score (nSPS) is 12.5. The van der Waals surface area contributed by atoms with Crippen LogP contribution in [-0.4, -0.2) is 31.5 Å². The molecular weight excluding hydrogens is 406 g/mol. The van der Waals surface area contributed by atoms with E-state index in [1.54, 1.807) is 0 Å². The average Bonchev–Trinajstić information content (AvgIpc) is 2.71. The molecule has 0 aliphatic heterocycles. The number of amides is 1. The van der Waals surface area contributed by atoms with Crippen LogP contribution in [0.5, 0.6) is 0 Å². The number of alkyl halides is 3. The molecule has 160 valence electrons. The highest BCUT2D eigenvalue weighted by Gasteiger charge is 2.30. The third-order valence-corrected chi connectivity index (χ3v) is 3.99. The van der Waals surface area contributed by atoms with Crippen LogP contribution in [0.15, 0.2) is 52.8 Å². The first-order valence-electron chi connectivity index (χ1n) is 8.64. The summed E-state index contributed by atoms with van der Waals surface area (Å²) in [5.74, 6) is -1.40. The lowest BCUT2D eigenvalue weighted by molar-refractivity contribution is -0.137. The molecule has 0 saturated carbocycles. The zero-order chi connectivity index (χ0) is 22.3. The fourth-order valence-electron chi connectivity index (χ4n) is 2.54. The Kier molecular flexibility index (Phi) is 7.51. The second kappa shape index (κ2) is 9.86. The topological polar surface area (TPSA) is 72.3 Å². The van der Waals surface area contributed by atoms with Gasteiger partial charge in [-0.25, -0.2) is 4.39 Å². The first-order chi connectivity index (χ1) is 14.2. The molecule has 0 spiro atoms. The maximum absolute atomic E-state index is 14.4. The number of halogens is 4. The van der Waals surface area contributed by atoms with Crippen molar-refractivity contribution >= 4 is 17.3 Å². The molecule has 0 bridgehead atoms. The average molecular weight is 425 g/mol. The van der Waals surface area contributed by atoms with Crippen molar-refractivity contribution in [3.63, 3.8) is 0 Å². The Hall–Kier alpha value is -3.43. The number of carbonyl (C=O) groups excluding carboxylic acids is 1. The van der Waals surface area contributed by atoms with Crippen molar-refractivity contribution in [2.24, 2.45) is 10.3 Å². The lowest BCUT2D eigenvalue weighted by Crippen LogP contribution is -2.30. The Bertz CT molecular complexity index is 972. The molecule has 0 aromatic heterocycles. The summed E-state index contributed by atoms with van der Waals surface area (Å²) in [5, 5.41) is 9.73. The van der Waals surface area contributed by atoms with Gasteiger partial charge in [0, 0.05) is 12.6 Å². The summed E-state index contributed by atoms with van der Waals surface area (Å²) < 4.78 is 53.0. The molecular formula is C20H19F4N3O3. The molecule has 0 aliphatic rings. The second-order valence-corrected chi connectivity index (χ2v) is 6.00. The number of oxime groups is 2. The highest BCUT2D eigenvalue weighted by molar-refractivity contribution is 6.45. The first-order valence-corrected chi connectivity index (χ1v) is 8.64. The highest BCUT2D eigenvalue weighted by Crippen LogP contribution is 2.29. The molecule has 0 aliphatic carbocycles. The molecule has 0 unspecified atom stereocenters. The van der Waals surface area contributed by atoms with Gasteiger partial charge in [0.25, 0.3) is 5.91 Å². The van der Waals surface area contributed by atoms with Gasteiger partial charge in [-0.2, -0.15) is 13.2 Å². The molecule has 1 N–H and O–H groups in total. The van der Waals surface area contributed by atoms with E-state index < -0.39 is 23.5 Å². The van der Waals surface area contributed by atoms with E-state index in [2.05, 4.69) is 20.5 Å². The van der Waals surface area contributed by atoms with Crippen LogP contribution in [0.25, 0.3) is 0 Å². The minimum Gasteiger partial charge on any atom is -0.398 e.